The second-order valence-corrected chi connectivity index (χ2v) is 9.35. The maximum Gasteiger partial charge on any atom is 0.225 e. The molecule has 0 radical (unpaired) electrons. The van der Waals surface area contributed by atoms with Crippen molar-refractivity contribution in [1.29, 1.82) is 0 Å². The lowest BCUT2D eigenvalue weighted by Crippen LogP contribution is -2.32. The number of aryl methyl sites for hydroxylation is 2. The SMILES string of the molecule is Cc1cc(-c2cccnc2[C@H](Cc2cc(F)cc(F)c2)NC(=O)Cc2c[nH]c3ccc(F)cc23)cnc1C. The topological polar surface area (TPSA) is 70.7 Å². The van der Waals surface area contributed by atoms with E-state index in [0.29, 0.717) is 22.2 Å². The van der Waals surface area contributed by atoms with Gasteiger partial charge in [0, 0.05) is 52.4 Å². The molecular formula is C30H25F3N4O. The number of aromatic nitrogens is 3. The van der Waals surface area contributed by atoms with E-state index in [4.69, 9.17) is 0 Å². The summed E-state index contributed by atoms with van der Waals surface area (Å²) in [6.07, 6.45) is 5.11. The number of hydrogen-bond acceptors (Lipinski definition) is 3. The predicted octanol–water partition coefficient (Wildman–Crippen LogP) is 6.30. The molecule has 0 saturated carbocycles. The van der Waals surface area contributed by atoms with Gasteiger partial charge < -0.3 is 10.3 Å². The Balaban J connectivity index is 1.51. The van der Waals surface area contributed by atoms with Crippen molar-refractivity contribution in [2.24, 2.45) is 0 Å². The van der Waals surface area contributed by atoms with Gasteiger partial charge in [-0.05, 0) is 79.4 Å². The molecule has 0 aliphatic carbocycles. The van der Waals surface area contributed by atoms with Crippen LogP contribution in [-0.2, 0) is 17.6 Å². The number of amides is 1. The molecule has 2 aromatic carbocycles. The molecule has 192 valence electrons. The van der Waals surface area contributed by atoms with Crippen molar-refractivity contribution in [1.82, 2.24) is 20.3 Å². The molecular weight excluding hydrogens is 489 g/mol. The number of nitrogens with zero attached hydrogens (tertiary/aromatic N) is 2. The average molecular weight is 515 g/mol. The number of fused-ring (bicyclic) bond motifs is 1. The number of carbonyl (C=O) groups is 1. The number of H-pyrrole nitrogens is 1. The predicted molar refractivity (Wildman–Crippen MR) is 140 cm³/mol. The number of rotatable bonds is 7. The number of pyridine rings is 2. The minimum absolute atomic E-state index is 0.0230. The number of carbonyl (C=O) groups excluding carboxylic acids is 1. The third-order valence-electron chi connectivity index (χ3n) is 6.60. The molecule has 1 amide bonds. The summed E-state index contributed by atoms with van der Waals surface area (Å²) in [6, 6.07) is 12.6. The molecule has 1 atom stereocenters. The number of hydrogen-bond donors (Lipinski definition) is 2. The van der Waals surface area contributed by atoms with E-state index in [0.717, 1.165) is 34.0 Å². The van der Waals surface area contributed by atoms with E-state index in [1.807, 2.05) is 26.0 Å². The van der Waals surface area contributed by atoms with Crippen LogP contribution in [0.2, 0.25) is 0 Å². The zero-order chi connectivity index (χ0) is 26.8. The van der Waals surface area contributed by atoms with E-state index < -0.39 is 23.5 Å². The summed E-state index contributed by atoms with van der Waals surface area (Å²) in [5.74, 6) is -2.15. The van der Waals surface area contributed by atoms with E-state index in [1.54, 1.807) is 30.7 Å². The zero-order valence-corrected chi connectivity index (χ0v) is 20.9. The molecule has 5 rings (SSSR count). The molecule has 8 heteroatoms. The van der Waals surface area contributed by atoms with Crippen molar-refractivity contribution in [2.75, 3.05) is 0 Å². The second kappa shape index (κ2) is 10.5. The van der Waals surface area contributed by atoms with Gasteiger partial charge in [-0.15, -0.1) is 0 Å². The first-order valence-electron chi connectivity index (χ1n) is 12.1. The van der Waals surface area contributed by atoms with Gasteiger partial charge in [0.2, 0.25) is 5.91 Å². The molecule has 0 spiro atoms. The third-order valence-corrected chi connectivity index (χ3v) is 6.60. The van der Waals surface area contributed by atoms with Crippen molar-refractivity contribution in [3.63, 3.8) is 0 Å². The monoisotopic (exact) mass is 514 g/mol. The fraction of sp³-hybridized carbons (Fsp3) is 0.167. The Morgan fingerprint density at radius 2 is 1.76 bits per heavy atom. The van der Waals surface area contributed by atoms with Gasteiger partial charge in [0.1, 0.15) is 17.5 Å². The van der Waals surface area contributed by atoms with Crippen LogP contribution < -0.4 is 5.32 Å². The Hall–Kier alpha value is -4.46. The molecule has 0 unspecified atom stereocenters. The fourth-order valence-corrected chi connectivity index (χ4v) is 4.63. The van der Waals surface area contributed by atoms with Crippen molar-refractivity contribution in [3.8, 4) is 11.1 Å². The van der Waals surface area contributed by atoms with Crippen LogP contribution in [0.4, 0.5) is 13.2 Å². The standard InChI is InChI=1S/C30H25F3N4O/c1-17-8-20(15-35-18(17)2)25-4-3-7-34-30(25)28(11-19-9-23(32)13-24(33)10-19)37-29(38)12-21-16-36-27-6-5-22(31)14-26(21)27/h3-10,13-16,28,36H,11-12H2,1-2H3,(H,37,38)/t28-/m0/s1. The minimum atomic E-state index is -0.705. The summed E-state index contributed by atoms with van der Waals surface area (Å²) in [5, 5.41) is 3.61. The Bertz CT molecular complexity index is 1630. The third kappa shape index (κ3) is 5.44. The number of aromatic amines is 1. The van der Waals surface area contributed by atoms with Crippen LogP contribution >= 0.6 is 0 Å². The number of nitrogens with one attached hydrogen (secondary N) is 2. The largest absolute Gasteiger partial charge is 0.361 e. The Labute approximate surface area is 217 Å². The van der Waals surface area contributed by atoms with E-state index >= 15 is 0 Å². The number of halogens is 3. The first-order valence-corrected chi connectivity index (χ1v) is 12.1. The van der Waals surface area contributed by atoms with Crippen LogP contribution in [0.25, 0.3) is 22.0 Å². The second-order valence-electron chi connectivity index (χ2n) is 9.35. The summed E-state index contributed by atoms with van der Waals surface area (Å²) in [6.45, 7) is 3.88. The average Bonchev–Trinajstić information content (AvgIpc) is 3.26. The Morgan fingerprint density at radius 3 is 2.53 bits per heavy atom. The van der Waals surface area contributed by atoms with Gasteiger partial charge in [-0.25, -0.2) is 13.2 Å². The molecule has 0 bridgehead atoms. The lowest BCUT2D eigenvalue weighted by molar-refractivity contribution is -0.121. The van der Waals surface area contributed by atoms with Crippen LogP contribution in [0.15, 0.2) is 73.2 Å². The Morgan fingerprint density at radius 1 is 0.974 bits per heavy atom. The smallest absolute Gasteiger partial charge is 0.225 e. The first kappa shape index (κ1) is 25.2. The van der Waals surface area contributed by atoms with Crippen LogP contribution in [0.3, 0.4) is 0 Å². The maximum absolute atomic E-state index is 14.0. The highest BCUT2D eigenvalue weighted by atomic mass is 19.1. The normalized spacial score (nSPS) is 12.0. The molecule has 3 aromatic heterocycles. The van der Waals surface area contributed by atoms with Crippen molar-refractivity contribution in [3.05, 3.63) is 119 Å². The van der Waals surface area contributed by atoms with Gasteiger partial charge in [-0.2, -0.15) is 0 Å². The molecule has 38 heavy (non-hydrogen) atoms. The summed E-state index contributed by atoms with van der Waals surface area (Å²) in [5.41, 5.74) is 5.72. The molecule has 3 heterocycles. The van der Waals surface area contributed by atoms with E-state index in [2.05, 4.69) is 20.3 Å². The summed E-state index contributed by atoms with van der Waals surface area (Å²) in [7, 11) is 0. The van der Waals surface area contributed by atoms with Crippen LogP contribution in [0, 0.1) is 31.3 Å². The van der Waals surface area contributed by atoms with Crippen LogP contribution in [0.5, 0.6) is 0 Å². The molecule has 5 nitrogen and oxygen atoms in total. The van der Waals surface area contributed by atoms with Gasteiger partial charge >= 0.3 is 0 Å². The Kier molecular flexibility index (Phi) is 6.96. The lowest BCUT2D eigenvalue weighted by atomic mass is 9.95. The highest BCUT2D eigenvalue weighted by Crippen LogP contribution is 2.30. The fourth-order valence-electron chi connectivity index (χ4n) is 4.63. The molecule has 0 fully saturated rings. The van der Waals surface area contributed by atoms with E-state index in [1.165, 1.54) is 24.3 Å². The molecule has 5 aromatic rings. The van der Waals surface area contributed by atoms with Crippen LogP contribution in [0.1, 0.15) is 34.1 Å². The first-order chi connectivity index (χ1) is 18.3. The zero-order valence-electron chi connectivity index (χ0n) is 20.9. The van der Waals surface area contributed by atoms with Gasteiger partial charge in [-0.3, -0.25) is 14.8 Å². The molecule has 0 aliphatic rings. The quantitative estimate of drug-likeness (QED) is 0.268. The van der Waals surface area contributed by atoms with Gasteiger partial charge in [0.25, 0.3) is 0 Å². The van der Waals surface area contributed by atoms with Gasteiger partial charge in [0.05, 0.1) is 18.2 Å². The summed E-state index contributed by atoms with van der Waals surface area (Å²) >= 11 is 0. The summed E-state index contributed by atoms with van der Waals surface area (Å²) < 4.78 is 41.9. The molecule has 0 saturated heterocycles. The van der Waals surface area contributed by atoms with Gasteiger partial charge in [-0.1, -0.05) is 6.07 Å². The molecule has 0 aliphatic heterocycles. The number of benzene rings is 2. The van der Waals surface area contributed by atoms with Crippen molar-refractivity contribution in [2.45, 2.75) is 32.7 Å². The minimum Gasteiger partial charge on any atom is -0.361 e. The van der Waals surface area contributed by atoms with Crippen molar-refractivity contribution < 1.29 is 18.0 Å². The highest BCUT2D eigenvalue weighted by molar-refractivity contribution is 5.89. The molecule has 2 N–H and O–H groups in total. The highest BCUT2D eigenvalue weighted by Gasteiger charge is 2.22. The van der Waals surface area contributed by atoms with E-state index in [9.17, 15) is 18.0 Å². The lowest BCUT2D eigenvalue weighted by Gasteiger charge is -2.22. The summed E-state index contributed by atoms with van der Waals surface area (Å²) in [4.78, 5) is 25.4. The van der Waals surface area contributed by atoms with Crippen LogP contribution in [-0.4, -0.2) is 20.9 Å². The van der Waals surface area contributed by atoms with Crippen molar-refractivity contribution >= 4 is 16.8 Å². The van der Waals surface area contributed by atoms with Gasteiger partial charge in [0.15, 0.2) is 0 Å². The maximum atomic E-state index is 14.0. The van der Waals surface area contributed by atoms with E-state index in [-0.39, 0.29) is 18.7 Å².